The molecule has 0 saturated carbocycles. The van der Waals surface area contributed by atoms with Crippen LogP contribution >= 0.6 is 0 Å². The molecule has 1 saturated heterocycles. The van der Waals surface area contributed by atoms with Gasteiger partial charge in [-0.3, -0.25) is 14.7 Å². The van der Waals surface area contributed by atoms with E-state index in [0.717, 1.165) is 44.9 Å². The monoisotopic (exact) mass is 353 g/mol. The minimum absolute atomic E-state index is 0.235. The fourth-order valence-corrected chi connectivity index (χ4v) is 3.18. The maximum atomic E-state index is 12.4. The number of hydrogen-bond donors (Lipinski definition) is 0. The van der Waals surface area contributed by atoms with Crippen molar-refractivity contribution in [2.45, 2.75) is 26.3 Å². The molecule has 0 bridgehead atoms. The van der Waals surface area contributed by atoms with Gasteiger partial charge in [0.05, 0.1) is 6.61 Å². The number of nitrogens with zero attached hydrogens (tertiary/aromatic N) is 3. The molecule has 1 aliphatic rings. The minimum atomic E-state index is 0.235. The van der Waals surface area contributed by atoms with E-state index < -0.39 is 0 Å². The Balaban J connectivity index is 1.33. The minimum Gasteiger partial charge on any atom is -0.494 e. The molecular formula is C21H27N3O2. The molecule has 1 fully saturated rings. The van der Waals surface area contributed by atoms with E-state index >= 15 is 0 Å². The van der Waals surface area contributed by atoms with Gasteiger partial charge in [-0.05, 0) is 42.7 Å². The van der Waals surface area contributed by atoms with Gasteiger partial charge >= 0.3 is 0 Å². The second-order valence-electron chi connectivity index (χ2n) is 6.79. The number of carbonyl (C=O) groups excluding carboxylic acids is 1. The summed E-state index contributed by atoms with van der Waals surface area (Å²) >= 11 is 0. The van der Waals surface area contributed by atoms with Crippen molar-refractivity contribution in [2.75, 3.05) is 32.8 Å². The number of hydrogen-bond acceptors (Lipinski definition) is 4. The number of ether oxygens (including phenoxy) is 1. The van der Waals surface area contributed by atoms with E-state index in [2.05, 4.69) is 16.0 Å². The summed E-state index contributed by atoms with van der Waals surface area (Å²) in [5.74, 6) is 1.11. The van der Waals surface area contributed by atoms with Crippen molar-refractivity contribution < 1.29 is 9.53 Å². The molecule has 5 nitrogen and oxygen atoms in total. The highest BCUT2D eigenvalue weighted by molar-refractivity contribution is 5.76. The fourth-order valence-electron chi connectivity index (χ4n) is 3.18. The largest absolute Gasteiger partial charge is 0.494 e. The quantitative estimate of drug-likeness (QED) is 0.718. The molecule has 1 aliphatic heterocycles. The van der Waals surface area contributed by atoms with Crippen molar-refractivity contribution in [2.24, 2.45) is 0 Å². The summed E-state index contributed by atoms with van der Waals surface area (Å²) in [6.45, 7) is 6.97. The van der Waals surface area contributed by atoms with Crippen LogP contribution in [0.3, 0.4) is 0 Å². The van der Waals surface area contributed by atoms with Crippen LogP contribution in [0.1, 0.15) is 24.0 Å². The number of amides is 1. The van der Waals surface area contributed by atoms with Crippen molar-refractivity contribution in [3.63, 3.8) is 0 Å². The second-order valence-corrected chi connectivity index (χ2v) is 6.79. The SMILES string of the molecule is Cc1cccc(OCCCC(=O)N2CCN(Cc3cccnc3)CC2)c1. The van der Waals surface area contributed by atoms with Crippen molar-refractivity contribution in [3.05, 3.63) is 59.9 Å². The Bertz CT molecular complexity index is 697. The Morgan fingerprint density at radius 2 is 2.00 bits per heavy atom. The van der Waals surface area contributed by atoms with E-state index in [9.17, 15) is 4.79 Å². The molecule has 26 heavy (non-hydrogen) atoms. The molecule has 1 aromatic heterocycles. The van der Waals surface area contributed by atoms with Gasteiger partial charge in [0.25, 0.3) is 0 Å². The van der Waals surface area contributed by atoms with Crippen molar-refractivity contribution in [1.82, 2.24) is 14.8 Å². The lowest BCUT2D eigenvalue weighted by atomic mass is 10.2. The molecule has 2 heterocycles. The number of aromatic nitrogens is 1. The number of aryl methyl sites for hydroxylation is 1. The molecule has 0 N–H and O–H groups in total. The Morgan fingerprint density at radius 3 is 2.73 bits per heavy atom. The fraction of sp³-hybridized carbons (Fsp3) is 0.429. The summed E-state index contributed by atoms with van der Waals surface area (Å²) in [6, 6.07) is 12.1. The zero-order valence-corrected chi connectivity index (χ0v) is 15.4. The number of benzene rings is 1. The zero-order valence-electron chi connectivity index (χ0n) is 15.4. The summed E-state index contributed by atoms with van der Waals surface area (Å²) in [4.78, 5) is 20.9. The molecule has 0 atom stereocenters. The van der Waals surface area contributed by atoms with Gasteiger partial charge in [0.1, 0.15) is 5.75 Å². The van der Waals surface area contributed by atoms with E-state index in [1.165, 1.54) is 11.1 Å². The summed E-state index contributed by atoms with van der Waals surface area (Å²) in [5.41, 5.74) is 2.41. The van der Waals surface area contributed by atoms with Gasteiger partial charge in [-0.1, -0.05) is 18.2 Å². The third-order valence-corrected chi connectivity index (χ3v) is 4.65. The van der Waals surface area contributed by atoms with Crippen LogP contribution in [-0.2, 0) is 11.3 Å². The molecule has 5 heteroatoms. The van der Waals surface area contributed by atoms with Crippen LogP contribution in [0.15, 0.2) is 48.8 Å². The first-order chi connectivity index (χ1) is 12.7. The van der Waals surface area contributed by atoms with Gasteiger partial charge in [-0.2, -0.15) is 0 Å². The highest BCUT2D eigenvalue weighted by Crippen LogP contribution is 2.13. The first-order valence-corrected chi connectivity index (χ1v) is 9.29. The molecule has 138 valence electrons. The normalized spacial score (nSPS) is 15.0. The lowest BCUT2D eigenvalue weighted by Crippen LogP contribution is -2.48. The van der Waals surface area contributed by atoms with Gasteiger partial charge < -0.3 is 9.64 Å². The molecule has 0 unspecified atom stereocenters. The average molecular weight is 353 g/mol. The Kier molecular flexibility index (Phi) is 6.61. The summed E-state index contributed by atoms with van der Waals surface area (Å²) in [6.07, 6.45) is 5.01. The van der Waals surface area contributed by atoms with E-state index in [1.54, 1.807) is 6.20 Å². The molecular weight excluding hydrogens is 326 g/mol. The molecule has 0 spiro atoms. The van der Waals surface area contributed by atoms with Gasteiger partial charge in [0.2, 0.25) is 5.91 Å². The van der Waals surface area contributed by atoms with Crippen molar-refractivity contribution in [1.29, 1.82) is 0 Å². The first kappa shape index (κ1) is 18.4. The summed E-state index contributed by atoms with van der Waals surface area (Å²) < 4.78 is 5.72. The van der Waals surface area contributed by atoms with E-state index in [-0.39, 0.29) is 5.91 Å². The van der Waals surface area contributed by atoms with Crippen molar-refractivity contribution in [3.8, 4) is 5.75 Å². The number of rotatable bonds is 7. The topological polar surface area (TPSA) is 45.7 Å². The maximum Gasteiger partial charge on any atom is 0.222 e. The smallest absolute Gasteiger partial charge is 0.222 e. The van der Waals surface area contributed by atoms with Crippen LogP contribution in [0, 0.1) is 6.92 Å². The zero-order chi connectivity index (χ0) is 18.2. The number of carbonyl (C=O) groups is 1. The Morgan fingerprint density at radius 1 is 1.15 bits per heavy atom. The summed E-state index contributed by atoms with van der Waals surface area (Å²) in [5, 5.41) is 0. The Labute approximate surface area is 155 Å². The number of piperazine rings is 1. The van der Waals surface area contributed by atoms with Crippen LogP contribution in [0.2, 0.25) is 0 Å². The van der Waals surface area contributed by atoms with E-state index in [4.69, 9.17) is 4.74 Å². The third-order valence-electron chi connectivity index (χ3n) is 4.65. The first-order valence-electron chi connectivity index (χ1n) is 9.29. The molecule has 0 radical (unpaired) electrons. The molecule has 1 aromatic carbocycles. The lowest BCUT2D eigenvalue weighted by molar-refractivity contribution is -0.133. The predicted molar refractivity (Wildman–Crippen MR) is 102 cm³/mol. The third kappa shape index (κ3) is 5.56. The van der Waals surface area contributed by atoms with Crippen LogP contribution in [0.25, 0.3) is 0 Å². The van der Waals surface area contributed by atoms with Gasteiger partial charge in [0, 0.05) is 51.5 Å². The predicted octanol–water partition coefficient (Wildman–Crippen LogP) is 2.89. The van der Waals surface area contributed by atoms with Gasteiger partial charge in [-0.25, -0.2) is 0 Å². The summed E-state index contributed by atoms with van der Waals surface area (Å²) in [7, 11) is 0. The second kappa shape index (κ2) is 9.34. The van der Waals surface area contributed by atoms with Gasteiger partial charge in [-0.15, -0.1) is 0 Å². The standard InChI is InChI=1S/C21H27N3O2/c1-18-5-2-7-20(15-18)26-14-4-8-21(25)24-12-10-23(11-13-24)17-19-6-3-9-22-16-19/h2-3,5-7,9,15-16H,4,8,10-14,17H2,1H3. The maximum absolute atomic E-state index is 12.4. The van der Waals surface area contributed by atoms with Crippen LogP contribution < -0.4 is 4.74 Å². The van der Waals surface area contributed by atoms with Crippen molar-refractivity contribution >= 4 is 5.91 Å². The van der Waals surface area contributed by atoms with E-state index in [1.807, 2.05) is 48.4 Å². The molecule has 2 aromatic rings. The highest BCUT2D eigenvalue weighted by Gasteiger charge is 2.20. The Hall–Kier alpha value is -2.40. The number of pyridine rings is 1. The molecule has 1 amide bonds. The average Bonchev–Trinajstić information content (AvgIpc) is 2.66. The van der Waals surface area contributed by atoms with Crippen LogP contribution in [0.4, 0.5) is 0 Å². The van der Waals surface area contributed by atoms with E-state index in [0.29, 0.717) is 13.0 Å². The molecule has 3 rings (SSSR count). The highest BCUT2D eigenvalue weighted by atomic mass is 16.5. The molecule has 0 aliphatic carbocycles. The lowest BCUT2D eigenvalue weighted by Gasteiger charge is -2.34. The van der Waals surface area contributed by atoms with Crippen LogP contribution in [-0.4, -0.2) is 53.5 Å². The van der Waals surface area contributed by atoms with Gasteiger partial charge in [0.15, 0.2) is 0 Å². The van der Waals surface area contributed by atoms with Crippen LogP contribution in [0.5, 0.6) is 5.75 Å².